The van der Waals surface area contributed by atoms with Gasteiger partial charge in [-0.1, -0.05) is 77.8 Å². The number of carbonyl (C=O) groups is 1. The van der Waals surface area contributed by atoms with Gasteiger partial charge in [-0.15, -0.1) is 0 Å². The lowest BCUT2D eigenvalue weighted by Gasteiger charge is -2.13. The predicted octanol–water partition coefficient (Wildman–Crippen LogP) is 8.90. The van der Waals surface area contributed by atoms with Crippen LogP contribution in [0.2, 0.25) is 10.0 Å². The Morgan fingerprint density at radius 3 is 2.15 bits per heavy atom. The molecule has 0 atom stereocenters. The lowest BCUT2D eigenvalue weighted by Crippen LogP contribution is -2.07. The Bertz CT molecular complexity index is 1830. The molecule has 6 aromatic rings. The molecule has 190 valence electrons. The average molecular weight is 549 g/mol. The minimum Gasteiger partial charge on any atom is -0.422 e. The molecule has 0 bridgehead atoms. The lowest BCUT2D eigenvalue weighted by atomic mass is 10.0. The van der Waals surface area contributed by atoms with Crippen LogP contribution in [0.5, 0.6) is 0 Å². The summed E-state index contributed by atoms with van der Waals surface area (Å²) < 4.78 is 8.10. The van der Waals surface area contributed by atoms with E-state index in [1.54, 1.807) is 36.4 Å². The molecule has 1 heterocycles. The number of aromatic nitrogens is 2. The molecule has 0 unspecified atom stereocenters. The summed E-state index contributed by atoms with van der Waals surface area (Å²) in [6.07, 6.45) is 1.81. The SMILES string of the molecule is O=C(OC(=Cc1nc2ccccc2n1Cc1cccc2ccccc12)c1ccc(Cl)cc1)c1ccc(Cl)cc1. The van der Waals surface area contributed by atoms with Crippen LogP contribution >= 0.6 is 23.2 Å². The quantitative estimate of drug-likeness (QED) is 0.154. The number of fused-ring (bicyclic) bond motifs is 2. The summed E-state index contributed by atoms with van der Waals surface area (Å²) >= 11 is 12.2. The fourth-order valence-electron chi connectivity index (χ4n) is 4.62. The van der Waals surface area contributed by atoms with Crippen LogP contribution in [0.1, 0.15) is 27.3 Å². The van der Waals surface area contributed by atoms with Crippen molar-refractivity contribution >= 4 is 62.8 Å². The summed E-state index contributed by atoms with van der Waals surface area (Å²) in [4.78, 5) is 18.0. The number of halogens is 2. The predicted molar refractivity (Wildman–Crippen MR) is 159 cm³/mol. The number of ether oxygens (including phenoxy) is 1. The molecule has 0 saturated carbocycles. The van der Waals surface area contributed by atoms with E-state index in [0.29, 0.717) is 39.3 Å². The second kappa shape index (κ2) is 10.8. The zero-order valence-corrected chi connectivity index (χ0v) is 22.2. The number of nitrogens with zero attached hydrogens (tertiary/aromatic N) is 2. The molecule has 0 aliphatic heterocycles. The maximum atomic E-state index is 13.1. The van der Waals surface area contributed by atoms with Gasteiger partial charge in [-0.3, -0.25) is 0 Å². The monoisotopic (exact) mass is 548 g/mol. The summed E-state index contributed by atoms with van der Waals surface area (Å²) in [6.45, 7) is 0.590. The Morgan fingerprint density at radius 1 is 0.744 bits per heavy atom. The highest BCUT2D eigenvalue weighted by Crippen LogP contribution is 2.27. The number of carbonyl (C=O) groups excluding carboxylic acids is 1. The normalized spacial score (nSPS) is 11.7. The minimum absolute atomic E-state index is 0.362. The van der Waals surface area contributed by atoms with Crippen molar-refractivity contribution in [2.24, 2.45) is 0 Å². The Morgan fingerprint density at radius 2 is 1.38 bits per heavy atom. The molecular weight excluding hydrogens is 527 g/mol. The first-order valence-electron chi connectivity index (χ1n) is 12.4. The van der Waals surface area contributed by atoms with Gasteiger partial charge in [0.05, 0.1) is 23.1 Å². The number of rotatable bonds is 6. The molecule has 0 spiro atoms. The molecule has 0 amide bonds. The van der Waals surface area contributed by atoms with E-state index < -0.39 is 5.97 Å². The maximum Gasteiger partial charge on any atom is 0.343 e. The van der Waals surface area contributed by atoms with Crippen LogP contribution in [-0.2, 0) is 11.3 Å². The molecule has 0 saturated heterocycles. The lowest BCUT2D eigenvalue weighted by molar-refractivity contribution is 0.0693. The van der Waals surface area contributed by atoms with Crippen LogP contribution in [0.25, 0.3) is 33.6 Å². The first-order valence-corrected chi connectivity index (χ1v) is 13.2. The summed E-state index contributed by atoms with van der Waals surface area (Å²) in [7, 11) is 0. The van der Waals surface area contributed by atoms with Gasteiger partial charge in [0, 0.05) is 21.7 Å². The van der Waals surface area contributed by atoms with Gasteiger partial charge in [-0.25, -0.2) is 9.78 Å². The van der Waals surface area contributed by atoms with E-state index in [9.17, 15) is 4.79 Å². The summed E-state index contributed by atoms with van der Waals surface area (Å²) in [5.74, 6) is 0.531. The molecule has 0 fully saturated rings. The third-order valence-corrected chi connectivity index (χ3v) is 7.07. The molecule has 0 aliphatic rings. The van der Waals surface area contributed by atoms with Gasteiger partial charge in [0.25, 0.3) is 0 Å². The number of benzene rings is 5. The van der Waals surface area contributed by atoms with E-state index in [0.717, 1.165) is 16.6 Å². The standard InChI is InChI=1S/C33H22Cl2N2O2/c34-26-16-12-23(13-17-26)31(39-33(38)24-14-18-27(35)19-15-24)20-32-36-29-10-3-4-11-30(29)37(32)21-25-8-5-7-22-6-1-2-9-28(22)25/h1-20H,21H2. The molecule has 39 heavy (non-hydrogen) atoms. The smallest absolute Gasteiger partial charge is 0.343 e. The molecule has 0 aliphatic carbocycles. The van der Waals surface area contributed by atoms with Crippen molar-refractivity contribution < 1.29 is 9.53 Å². The number of esters is 1. The second-order valence-corrected chi connectivity index (χ2v) is 9.97. The molecule has 1 aromatic heterocycles. The van der Waals surface area contributed by atoms with Crippen LogP contribution in [-0.4, -0.2) is 15.5 Å². The zero-order chi connectivity index (χ0) is 26.8. The topological polar surface area (TPSA) is 44.1 Å². The Hall–Kier alpha value is -4.38. The van der Waals surface area contributed by atoms with E-state index >= 15 is 0 Å². The van der Waals surface area contributed by atoms with Crippen LogP contribution in [0, 0.1) is 0 Å². The van der Waals surface area contributed by atoms with Gasteiger partial charge in [-0.05, 0) is 77.0 Å². The van der Waals surface area contributed by atoms with Crippen LogP contribution in [0.3, 0.4) is 0 Å². The van der Waals surface area contributed by atoms with Crippen molar-refractivity contribution in [3.05, 3.63) is 148 Å². The fraction of sp³-hybridized carbons (Fsp3) is 0.0303. The van der Waals surface area contributed by atoms with Gasteiger partial charge in [0.15, 0.2) is 0 Å². The Labute approximate surface area is 235 Å². The van der Waals surface area contributed by atoms with Crippen molar-refractivity contribution in [2.75, 3.05) is 0 Å². The van der Waals surface area contributed by atoms with E-state index in [1.807, 2.05) is 54.6 Å². The molecular formula is C33H22Cl2N2O2. The van der Waals surface area contributed by atoms with Crippen molar-refractivity contribution in [2.45, 2.75) is 6.54 Å². The minimum atomic E-state index is -0.496. The average Bonchev–Trinajstić information content (AvgIpc) is 3.30. The van der Waals surface area contributed by atoms with E-state index in [1.165, 1.54) is 10.8 Å². The number of para-hydroxylation sites is 2. The van der Waals surface area contributed by atoms with E-state index in [-0.39, 0.29) is 0 Å². The van der Waals surface area contributed by atoms with Gasteiger partial charge in [0.1, 0.15) is 11.6 Å². The van der Waals surface area contributed by atoms with Crippen LogP contribution in [0.15, 0.2) is 115 Å². The highest BCUT2D eigenvalue weighted by molar-refractivity contribution is 6.31. The molecule has 6 rings (SSSR count). The van der Waals surface area contributed by atoms with Crippen LogP contribution < -0.4 is 0 Å². The van der Waals surface area contributed by atoms with Crippen molar-refractivity contribution in [1.82, 2.24) is 9.55 Å². The first-order chi connectivity index (χ1) is 19.0. The van der Waals surface area contributed by atoms with Crippen molar-refractivity contribution in [3.63, 3.8) is 0 Å². The number of hydrogen-bond acceptors (Lipinski definition) is 3. The zero-order valence-electron chi connectivity index (χ0n) is 20.7. The second-order valence-electron chi connectivity index (χ2n) is 9.10. The molecule has 0 N–H and O–H groups in total. The highest BCUT2D eigenvalue weighted by Gasteiger charge is 2.17. The number of imidazole rings is 1. The molecule has 5 aromatic carbocycles. The largest absolute Gasteiger partial charge is 0.422 e. The van der Waals surface area contributed by atoms with Gasteiger partial charge < -0.3 is 9.30 Å². The third-order valence-electron chi connectivity index (χ3n) is 6.56. The van der Waals surface area contributed by atoms with E-state index in [2.05, 4.69) is 34.9 Å². The molecule has 6 heteroatoms. The summed E-state index contributed by atoms with van der Waals surface area (Å²) in [5.41, 5.74) is 4.09. The van der Waals surface area contributed by atoms with Crippen LogP contribution in [0.4, 0.5) is 0 Å². The summed E-state index contributed by atoms with van der Waals surface area (Å²) in [5, 5.41) is 3.49. The maximum absolute atomic E-state index is 13.1. The van der Waals surface area contributed by atoms with Gasteiger partial charge in [0.2, 0.25) is 0 Å². The summed E-state index contributed by atoms with van der Waals surface area (Å²) in [6, 6.07) is 36.4. The fourth-order valence-corrected chi connectivity index (χ4v) is 4.87. The van der Waals surface area contributed by atoms with Crippen molar-refractivity contribution in [1.29, 1.82) is 0 Å². The molecule has 0 radical (unpaired) electrons. The van der Waals surface area contributed by atoms with Gasteiger partial charge >= 0.3 is 5.97 Å². The van der Waals surface area contributed by atoms with Gasteiger partial charge in [-0.2, -0.15) is 0 Å². The highest BCUT2D eigenvalue weighted by atomic mass is 35.5. The number of hydrogen-bond donors (Lipinski definition) is 0. The third kappa shape index (κ3) is 5.30. The molecule has 4 nitrogen and oxygen atoms in total. The van der Waals surface area contributed by atoms with E-state index in [4.69, 9.17) is 32.9 Å². The Balaban J connectivity index is 1.47. The first kappa shape index (κ1) is 24.9. The van der Waals surface area contributed by atoms with Crippen molar-refractivity contribution in [3.8, 4) is 0 Å². The Kier molecular flexibility index (Phi) is 6.89.